The number of nitrogens with one attached hydrogen (secondary N) is 1. The highest BCUT2D eigenvalue weighted by molar-refractivity contribution is 6.30. The fraction of sp³-hybridized carbons (Fsp3) is 0.583. The van der Waals surface area contributed by atoms with Crippen molar-refractivity contribution < 1.29 is 4.74 Å². The molecule has 0 spiro atoms. The fourth-order valence-corrected chi connectivity index (χ4v) is 2.03. The van der Waals surface area contributed by atoms with Crippen LogP contribution in [0.5, 0.6) is 0 Å². The third kappa shape index (κ3) is 2.66. The maximum atomic E-state index is 5.87. The van der Waals surface area contributed by atoms with Crippen molar-refractivity contribution in [3.05, 3.63) is 23.0 Å². The Kier molecular flexibility index (Phi) is 3.66. The van der Waals surface area contributed by atoms with Gasteiger partial charge < -0.3 is 10.1 Å². The molecule has 16 heavy (non-hydrogen) atoms. The molecule has 3 nitrogen and oxygen atoms in total. The summed E-state index contributed by atoms with van der Waals surface area (Å²) in [5.41, 5.74) is 2.05. The molecule has 1 fully saturated rings. The van der Waals surface area contributed by atoms with E-state index in [1.165, 1.54) is 0 Å². The van der Waals surface area contributed by atoms with Gasteiger partial charge in [-0.05, 0) is 38.3 Å². The lowest BCUT2D eigenvalue weighted by atomic mass is 9.89. The first-order chi connectivity index (χ1) is 7.69. The summed E-state index contributed by atoms with van der Waals surface area (Å²) in [5.74, 6) is 0. The number of hydrogen-bond acceptors (Lipinski definition) is 3. The first-order valence-electron chi connectivity index (χ1n) is 5.69. The summed E-state index contributed by atoms with van der Waals surface area (Å²) < 4.78 is 5.51. The number of anilines is 1. The number of pyridine rings is 1. The average molecular weight is 241 g/mol. The van der Waals surface area contributed by atoms with E-state index in [9.17, 15) is 0 Å². The van der Waals surface area contributed by atoms with Crippen LogP contribution in [0.4, 0.5) is 5.69 Å². The Morgan fingerprint density at radius 3 is 2.94 bits per heavy atom. The minimum absolute atomic E-state index is 0.434. The zero-order valence-electron chi connectivity index (χ0n) is 9.66. The van der Waals surface area contributed by atoms with Gasteiger partial charge in [0.15, 0.2) is 0 Å². The lowest BCUT2D eigenvalue weighted by molar-refractivity contribution is 0.00299. The molecule has 0 aliphatic heterocycles. The summed E-state index contributed by atoms with van der Waals surface area (Å²) >= 11 is 5.87. The molecule has 1 aromatic heterocycles. The summed E-state index contributed by atoms with van der Waals surface area (Å²) in [6.45, 7) is 4.80. The Balaban J connectivity index is 1.84. The molecule has 1 aliphatic carbocycles. The second-order valence-electron chi connectivity index (χ2n) is 4.22. The monoisotopic (exact) mass is 240 g/mol. The van der Waals surface area contributed by atoms with E-state index in [4.69, 9.17) is 16.3 Å². The molecule has 1 aromatic rings. The van der Waals surface area contributed by atoms with Gasteiger partial charge in [0.05, 0.1) is 18.0 Å². The third-order valence-electron chi connectivity index (χ3n) is 2.88. The first-order valence-corrected chi connectivity index (χ1v) is 6.07. The summed E-state index contributed by atoms with van der Waals surface area (Å²) in [6.07, 6.45) is 4.37. The van der Waals surface area contributed by atoms with Gasteiger partial charge >= 0.3 is 0 Å². The van der Waals surface area contributed by atoms with Gasteiger partial charge in [-0.15, -0.1) is 0 Å². The average Bonchev–Trinajstić information content (AvgIpc) is 2.20. The number of aromatic nitrogens is 1. The maximum absolute atomic E-state index is 5.87. The van der Waals surface area contributed by atoms with Gasteiger partial charge in [-0.2, -0.15) is 0 Å². The molecule has 2 rings (SSSR count). The Hall–Kier alpha value is -0.800. The van der Waals surface area contributed by atoms with E-state index < -0.39 is 0 Å². The highest BCUT2D eigenvalue weighted by Crippen LogP contribution is 2.27. The van der Waals surface area contributed by atoms with Crippen LogP contribution in [0.25, 0.3) is 0 Å². The van der Waals surface area contributed by atoms with E-state index in [0.29, 0.717) is 17.3 Å². The van der Waals surface area contributed by atoms with Crippen LogP contribution < -0.4 is 5.32 Å². The Labute approximate surface area is 101 Å². The summed E-state index contributed by atoms with van der Waals surface area (Å²) in [4.78, 5) is 4.12. The molecule has 1 saturated carbocycles. The molecule has 0 atom stereocenters. The lowest BCUT2D eigenvalue weighted by Crippen LogP contribution is -2.40. The quantitative estimate of drug-likeness (QED) is 0.822. The van der Waals surface area contributed by atoms with Crippen molar-refractivity contribution >= 4 is 17.3 Å². The van der Waals surface area contributed by atoms with E-state index >= 15 is 0 Å². The maximum Gasteiger partial charge on any atom is 0.132 e. The minimum atomic E-state index is 0.434. The molecule has 0 radical (unpaired) electrons. The number of ether oxygens (including phenoxy) is 1. The van der Waals surface area contributed by atoms with Gasteiger partial charge in [-0.1, -0.05) is 11.6 Å². The third-order valence-corrected chi connectivity index (χ3v) is 3.28. The number of hydrogen-bond donors (Lipinski definition) is 1. The molecule has 88 valence electrons. The van der Waals surface area contributed by atoms with Crippen LogP contribution in [-0.2, 0) is 4.74 Å². The van der Waals surface area contributed by atoms with Crippen LogP contribution in [0.1, 0.15) is 25.3 Å². The molecule has 1 aliphatic rings. The molecule has 0 aromatic carbocycles. The molecule has 0 unspecified atom stereocenters. The summed E-state index contributed by atoms with van der Waals surface area (Å²) in [6, 6.07) is 2.54. The van der Waals surface area contributed by atoms with Crippen molar-refractivity contribution in [1.29, 1.82) is 0 Å². The Bertz CT molecular complexity index is 364. The molecule has 4 heteroatoms. The smallest absolute Gasteiger partial charge is 0.132 e. The number of halogens is 1. The van der Waals surface area contributed by atoms with Crippen LogP contribution in [0.2, 0.25) is 5.15 Å². The zero-order valence-corrected chi connectivity index (χ0v) is 10.4. The second kappa shape index (κ2) is 5.02. The largest absolute Gasteiger partial charge is 0.381 e. The van der Waals surface area contributed by atoms with E-state index in [1.807, 2.05) is 19.9 Å². The molecule has 0 bridgehead atoms. The number of aryl methyl sites for hydroxylation is 1. The predicted octanol–water partition coefficient (Wildman–Crippen LogP) is 3.02. The normalized spacial score (nSPS) is 23.9. The molecular weight excluding hydrogens is 224 g/mol. The van der Waals surface area contributed by atoms with Gasteiger partial charge in [0.25, 0.3) is 0 Å². The van der Waals surface area contributed by atoms with Gasteiger partial charge in [0.1, 0.15) is 5.15 Å². The predicted molar refractivity (Wildman–Crippen MR) is 66.0 cm³/mol. The highest BCUT2D eigenvalue weighted by atomic mass is 35.5. The van der Waals surface area contributed by atoms with Crippen molar-refractivity contribution in [2.24, 2.45) is 0 Å². The Morgan fingerprint density at radius 2 is 2.31 bits per heavy atom. The summed E-state index contributed by atoms with van der Waals surface area (Å²) in [7, 11) is 0. The standard InChI is InChI=1S/C12H17ClN2O/c1-3-16-11-5-9(6-11)15-10-4-8(2)12(13)14-7-10/h4,7,9,11,15H,3,5-6H2,1-2H3. The van der Waals surface area contributed by atoms with Gasteiger partial charge in [0.2, 0.25) is 0 Å². The minimum Gasteiger partial charge on any atom is -0.381 e. The molecule has 0 saturated heterocycles. The van der Waals surface area contributed by atoms with E-state index in [2.05, 4.69) is 10.3 Å². The molecule has 1 N–H and O–H groups in total. The van der Waals surface area contributed by atoms with Crippen LogP contribution in [-0.4, -0.2) is 23.7 Å². The highest BCUT2D eigenvalue weighted by Gasteiger charge is 2.29. The van der Waals surface area contributed by atoms with Gasteiger partial charge in [-0.3, -0.25) is 0 Å². The number of rotatable bonds is 4. The van der Waals surface area contributed by atoms with Crippen molar-refractivity contribution in [1.82, 2.24) is 4.98 Å². The van der Waals surface area contributed by atoms with Crippen molar-refractivity contribution in [3.8, 4) is 0 Å². The van der Waals surface area contributed by atoms with Crippen LogP contribution >= 0.6 is 11.6 Å². The SMILES string of the molecule is CCOC1CC(Nc2cnc(Cl)c(C)c2)C1. The molecular formula is C12H17ClN2O. The topological polar surface area (TPSA) is 34.1 Å². The molecule has 0 amide bonds. The molecule has 1 heterocycles. The zero-order chi connectivity index (χ0) is 11.5. The van der Waals surface area contributed by atoms with Gasteiger partial charge in [0, 0.05) is 12.6 Å². The van der Waals surface area contributed by atoms with Crippen LogP contribution in [0, 0.1) is 6.92 Å². The van der Waals surface area contributed by atoms with E-state index in [1.54, 1.807) is 6.20 Å². The van der Waals surface area contributed by atoms with Crippen molar-refractivity contribution in [2.45, 2.75) is 38.8 Å². The summed E-state index contributed by atoms with van der Waals surface area (Å²) in [5, 5.41) is 4.01. The van der Waals surface area contributed by atoms with E-state index in [0.717, 1.165) is 30.7 Å². The second-order valence-corrected chi connectivity index (χ2v) is 4.58. The Morgan fingerprint density at radius 1 is 1.56 bits per heavy atom. The van der Waals surface area contributed by atoms with Crippen LogP contribution in [0.3, 0.4) is 0 Å². The van der Waals surface area contributed by atoms with Crippen LogP contribution in [0.15, 0.2) is 12.3 Å². The van der Waals surface area contributed by atoms with Crippen molar-refractivity contribution in [2.75, 3.05) is 11.9 Å². The lowest BCUT2D eigenvalue weighted by Gasteiger charge is -2.36. The van der Waals surface area contributed by atoms with Crippen molar-refractivity contribution in [3.63, 3.8) is 0 Å². The number of nitrogens with zero attached hydrogens (tertiary/aromatic N) is 1. The fourth-order valence-electron chi connectivity index (χ4n) is 1.93. The van der Waals surface area contributed by atoms with E-state index in [-0.39, 0.29) is 0 Å². The van der Waals surface area contributed by atoms with Gasteiger partial charge in [-0.25, -0.2) is 4.98 Å². The first kappa shape index (κ1) is 11.7.